The average molecular weight is 446 g/mol. The number of methoxy groups -OCH3 is 1. The predicted molar refractivity (Wildman–Crippen MR) is 113 cm³/mol. The Kier molecular flexibility index (Phi) is 7.41. The minimum atomic E-state index is -0.523. The summed E-state index contributed by atoms with van der Waals surface area (Å²) in [4.78, 5) is 32.7. The summed E-state index contributed by atoms with van der Waals surface area (Å²) in [5.74, 6) is 0.0563. The summed E-state index contributed by atoms with van der Waals surface area (Å²) >= 11 is 2.50. The first-order valence-corrected chi connectivity index (χ1v) is 10.8. The van der Waals surface area contributed by atoms with E-state index in [-0.39, 0.29) is 22.4 Å². The number of ether oxygens (including phenoxy) is 1. The maximum Gasteiger partial charge on any atom is 0.339 e. The van der Waals surface area contributed by atoms with Crippen LogP contribution in [0.1, 0.15) is 27.6 Å². The molecule has 3 rings (SSSR count). The van der Waals surface area contributed by atoms with E-state index in [1.54, 1.807) is 24.3 Å². The SMILES string of the molecule is COC(=O)c1ccccc1NC(=O)CSc1nnc(CSc2nc(C)cc(C)n2)o1. The Bertz CT molecular complexity index is 1040. The molecule has 0 unspecified atom stereocenters. The number of anilines is 1. The number of carbonyl (C=O) groups excluding carboxylic acids is 2. The molecule has 1 amide bonds. The van der Waals surface area contributed by atoms with E-state index in [2.05, 4.69) is 25.5 Å². The molecule has 1 aromatic carbocycles. The lowest BCUT2D eigenvalue weighted by molar-refractivity contribution is -0.113. The van der Waals surface area contributed by atoms with Gasteiger partial charge in [-0.05, 0) is 32.0 Å². The number of nitrogens with zero attached hydrogens (tertiary/aromatic N) is 4. The van der Waals surface area contributed by atoms with Gasteiger partial charge in [0.2, 0.25) is 11.8 Å². The summed E-state index contributed by atoms with van der Waals surface area (Å²) in [6.45, 7) is 3.82. The zero-order valence-corrected chi connectivity index (χ0v) is 18.2. The number of esters is 1. The number of amides is 1. The number of nitrogens with one attached hydrogen (secondary N) is 1. The molecule has 0 saturated carbocycles. The van der Waals surface area contributed by atoms with Gasteiger partial charge in [-0.2, -0.15) is 0 Å². The fourth-order valence-electron chi connectivity index (χ4n) is 2.43. The quantitative estimate of drug-likeness (QED) is 0.314. The van der Waals surface area contributed by atoms with E-state index in [4.69, 9.17) is 9.15 Å². The lowest BCUT2D eigenvalue weighted by Gasteiger charge is -2.08. The molecule has 9 nitrogen and oxygen atoms in total. The molecule has 0 fully saturated rings. The van der Waals surface area contributed by atoms with Crippen LogP contribution >= 0.6 is 23.5 Å². The fourth-order valence-corrected chi connectivity index (χ4v) is 3.80. The molecule has 1 N–H and O–H groups in total. The van der Waals surface area contributed by atoms with Crippen LogP contribution in [0.4, 0.5) is 5.69 Å². The summed E-state index contributed by atoms with van der Waals surface area (Å²) in [5.41, 5.74) is 2.45. The van der Waals surface area contributed by atoms with E-state index in [1.165, 1.54) is 18.9 Å². The molecule has 0 aliphatic heterocycles. The second kappa shape index (κ2) is 10.2. The Morgan fingerprint density at radius 2 is 1.83 bits per heavy atom. The smallest absolute Gasteiger partial charge is 0.339 e. The number of benzene rings is 1. The second-order valence-electron chi connectivity index (χ2n) is 6.06. The van der Waals surface area contributed by atoms with Gasteiger partial charge >= 0.3 is 5.97 Å². The lowest BCUT2D eigenvalue weighted by Crippen LogP contribution is -2.17. The van der Waals surface area contributed by atoms with Gasteiger partial charge in [0.05, 0.1) is 29.9 Å². The molecule has 2 aromatic heterocycles. The molecule has 30 heavy (non-hydrogen) atoms. The first-order valence-electron chi connectivity index (χ1n) is 8.82. The van der Waals surface area contributed by atoms with Crippen LogP contribution in [0.2, 0.25) is 0 Å². The van der Waals surface area contributed by atoms with E-state index in [9.17, 15) is 9.59 Å². The lowest BCUT2D eigenvalue weighted by atomic mass is 10.2. The van der Waals surface area contributed by atoms with Crippen LogP contribution in [0.3, 0.4) is 0 Å². The molecular formula is C19H19N5O4S2. The number of thioether (sulfide) groups is 2. The molecule has 3 aromatic rings. The topological polar surface area (TPSA) is 120 Å². The molecule has 0 bridgehead atoms. The summed E-state index contributed by atoms with van der Waals surface area (Å²) in [6.07, 6.45) is 0. The van der Waals surface area contributed by atoms with Gasteiger partial charge in [-0.15, -0.1) is 10.2 Å². The molecule has 156 valence electrons. The van der Waals surface area contributed by atoms with Crippen LogP contribution in [-0.4, -0.2) is 44.9 Å². The highest BCUT2D eigenvalue weighted by Crippen LogP contribution is 2.23. The van der Waals surface area contributed by atoms with Crippen LogP contribution in [0, 0.1) is 13.8 Å². The van der Waals surface area contributed by atoms with Crippen LogP contribution in [-0.2, 0) is 15.3 Å². The molecule has 11 heteroatoms. The number of hydrogen-bond acceptors (Lipinski definition) is 10. The van der Waals surface area contributed by atoms with Crippen molar-refractivity contribution in [1.82, 2.24) is 20.2 Å². The first kappa shape index (κ1) is 21.8. The summed E-state index contributed by atoms with van der Waals surface area (Å²) in [6, 6.07) is 8.52. The number of para-hydroxylation sites is 1. The van der Waals surface area contributed by atoms with E-state index in [0.29, 0.717) is 22.5 Å². The van der Waals surface area contributed by atoms with Crippen LogP contribution in [0.5, 0.6) is 0 Å². The standard InChI is InChI=1S/C19H19N5O4S2/c1-11-8-12(2)21-18(20-11)29-10-16-23-24-19(28-16)30-9-15(25)22-14-7-5-4-6-13(14)17(26)27-3/h4-8H,9-10H2,1-3H3,(H,22,25). The number of rotatable bonds is 8. The third-order valence-corrected chi connectivity index (χ3v) is 5.32. The normalized spacial score (nSPS) is 10.6. The Labute approximate surface area is 181 Å². The van der Waals surface area contributed by atoms with E-state index in [1.807, 2.05) is 19.9 Å². The average Bonchev–Trinajstić information content (AvgIpc) is 3.18. The number of aryl methyl sites for hydroxylation is 2. The van der Waals surface area contributed by atoms with Crippen molar-refractivity contribution in [2.24, 2.45) is 0 Å². The third kappa shape index (κ3) is 6.04. The molecule has 0 aliphatic carbocycles. The van der Waals surface area contributed by atoms with E-state index >= 15 is 0 Å². The number of aromatic nitrogens is 4. The fraction of sp³-hybridized carbons (Fsp3) is 0.263. The predicted octanol–water partition coefficient (Wildman–Crippen LogP) is 3.29. The van der Waals surface area contributed by atoms with Gasteiger partial charge < -0.3 is 14.5 Å². The van der Waals surface area contributed by atoms with Crippen LogP contribution < -0.4 is 5.32 Å². The van der Waals surface area contributed by atoms with Crippen molar-refractivity contribution in [3.05, 3.63) is 53.2 Å². The van der Waals surface area contributed by atoms with Gasteiger partial charge in [0.25, 0.3) is 5.22 Å². The monoisotopic (exact) mass is 445 g/mol. The van der Waals surface area contributed by atoms with E-state index < -0.39 is 5.97 Å². The molecular weight excluding hydrogens is 426 g/mol. The number of hydrogen-bond donors (Lipinski definition) is 1. The van der Waals surface area contributed by atoms with Gasteiger partial charge in [0, 0.05) is 11.4 Å². The summed E-state index contributed by atoms with van der Waals surface area (Å²) < 4.78 is 10.3. The molecule has 0 saturated heterocycles. The highest BCUT2D eigenvalue weighted by Gasteiger charge is 2.15. The van der Waals surface area contributed by atoms with Crippen LogP contribution in [0.25, 0.3) is 0 Å². The van der Waals surface area contributed by atoms with Crippen molar-refractivity contribution in [3.63, 3.8) is 0 Å². The highest BCUT2D eigenvalue weighted by atomic mass is 32.2. The Balaban J connectivity index is 1.52. The Morgan fingerprint density at radius 3 is 2.57 bits per heavy atom. The van der Waals surface area contributed by atoms with Crippen molar-refractivity contribution in [1.29, 1.82) is 0 Å². The van der Waals surface area contributed by atoms with Crippen molar-refractivity contribution in [2.75, 3.05) is 18.2 Å². The molecule has 0 radical (unpaired) electrons. The maximum atomic E-state index is 12.2. The summed E-state index contributed by atoms with van der Waals surface area (Å²) in [5, 5.41) is 11.5. The molecule has 0 spiro atoms. The third-order valence-electron chi connectivity index (χ3n) is 3.67. The summed E-state index contributed by atoms with van der Waals surface area (Å²) in [7, 11) is 1.29. The van der Waals surface area contributed by atoms with Gasteiger partial charge in [0.15, 0.2) is 5.16 Å². The van der Waals surface area contributed by atoms with Crippen molar-refractivity contribution in [2.45, 2.75) is 30.0 Å². The number of carbonyl (C=O) groups is 2. The zero-order chi connectivity index (χ0) is 21.5. The second-order valence-corrected chi connectivity index (χ2v) is 7.93. The molecule has 0 atom stereocenters. The highest BCUT2D eigenvalue weighted by molar-refractivity contribution is 7.99. The van der Waals surface area contributed by atoms with E-state index in [0.717, 1.165) is 23.1 Å². The van der Waals surface area contributed by atoms with Gasteiger partial charge in [-0.3, -0.25) is 4.79 Å². The largest absolute Gasteiger partial charge is 0.465 e. The minimum Gasteiger partial charge on any atom is -0.465 e. The first-order chi connectivity index (χ1) is 14.4. The Morgan fingerprint density at radius 1 is 1.10 bits per heavy atom. The van der Waals surface area contributed by atoms with Crippen molar-refractivity contribution < 1.29 is 18.7 Å². The maximum absolute atomic E-state index is 12.2. The molecule has 2 heterocycles. The van der Waals surface area contributed by atoms with Gasteiger partial charge in [0.1, 0.15) is 0 Å². The minimum absolute atomic E-state index is 0.0461. The van der Waals surface area contributed by atoms with Crippen molar-refractivity contribution in [3.8, 4) is 0 Å². The van der Waals surface area contributed by atoms with Gasteiger partial charge in [-0.1, -0.05) is 35.7 Å². The van der Waals surface area contributed by atoms with Gasteiger partial charge in [-0.25, -0.2) is 14.8 Å². The Hall–Kier alpha value is -2.92. The zero-order valence-electron chi connectivity index (χ0n) is 16.5. The van der Waals surface area contributed by atoms with Crippen molar-refractivity contribution >= 4 is 41.1 Å². The van der Waals surface area contributed by atoms with Crippen LogP contribution in [0.15, 0.2) is 45.1 Å². The molecule has 0 aliphatic rings.